The first-order chi connectivity index (χ1) is 24.6. The highest BCUT2D eigenvalue weighted by atomic mass is 16.3. The van der Waals surface area contributed by atoms with E-state index in [2.05, 4.69) is 127 Å². The number of benzene rings is 4. The first-order valence-electron chi connectivity index (χ1n) is 17.0. The number of aromatic nitrogens is 5. The summed E-state index contributed by atoms with van der Waals surface area (Å²) in [5, 5.41) is 2.00. The van der Waals surface area contributed by atoms with Crippen LogP contribution in [0.2, 0.25) is 0 Å². The monoisotopic (exact) mass is 647 g/mol. The van der Waals surface area contributed by atoms with Gasteiger partial charge in [-0.05, 0) is 66.8 Å². The number of aryl methyl sites for hydroxylation is 1. The summed E-state index contributed by atoms with van der Waals surface area (Å²) >= 11 is 0. The van der Waals surface area contributed by atoms with Gasteiger partial charge in [-0.15, -0.1) is 0 Å². The minimum atomic E-state index is 0.530. The summed E-state index contributed by atoms with van der Waals surface area (Å²) in [6.45, 7) is 4.14. The zero-order chi connectivity index (χ0) is 33.6. The number of hydrogen-bond acceptors (Lipinski definition) is 5. The van der Waals surface area contributed by atoms with Crippen LogP contribution in [0.15, 0.2) is 138 Å². The summed E-state index contributed by atoms with van der Waals surface area (Å²) in [5.74, 6) is 2.71. The minimum Gasteiger partial charge on any atom is -0.442 e. The Hall–Kier alpha value is -6.40. The van der Waals surface area contributed by atoms with Crippen molar-refractivity contribution in [1.29, 1.82) is 0 Å². The van der Waals surface area contributed by atoms with Crippen molar-refractivity contribution in [3.8, 4) is 39.9 Å². The van der Waals surface area contributed by atoms with Crippen LogP contribution in [0.3, 0.4) is 0 Å². The third-order valence-electron chi connectivity index (χ3n) is 9.41. The Labute approximate surface area is 289 Å². The molecule has 0 bridgehead atoms. The molecule has 0 radical (unpaired) electrons. The number of furan rings is 1. The quantitative estimate of drug-likeness (QED) is 0.168. The molecule has 8 aromatic rings. The molecule has 0 saturated heterocycles. The van der Waals surface area contributed by atoms with Gasteiger partial charge in [-0.3, -0.25) is 4.57 Å². The molecule has 240 valence electrons. The largest absolute Gasteiger partial charge is 0.442 e. The molecule has 6 nitrogen and oxygen atoms in total. The van der Waals surface area contributed by atoms with E-state index in [1.807, 2.05) is 31.2 Å². The predicted octanol–water partition coefficient (Wildman–Crippen LogP) is 11.0. The van der Waals surface area contributed by atoms with Gasteiger partial charge in [-0.2, -0.15) is 9.97 Å². The van der Waals surface area contributed by atoms with Crippen LogP contribution in [0, 0.1) is 0 Å². The predicted molar refractivity (Wildman–Crippen MR) is 204 cm³/mol. The van der Waals surface area contributed by atoms with Crippen LogP contribution in [0.4, 0.5) is 0 Å². The van der Waals surface area contributed by atoms with E-state index < -0.39 is 0 Å². The molecule has 0 atom stereocenters. The molecule has 1 aliphatic rings. The lowest BCUT2D eigenvalue weighted by molar-refractivity contribution is 0.538. The van der Waals surface area contributed by atoms with Gasteiger partial charge in [0.2, 0.25) is 11.7 Å². The van der Waals surface area contributed by atoms with Gasteiger partial charge in [0.05, 0.1) is 11.0 Å². The van der Waals surface area contributed by atoms with Gasteiger partial charge in [-0.25, -0.2) is 9.97 Å². The van der Waals surface area contributed by atoms with Crippen molar-refractivity contribution in [3.63, 3.8) is 0 Å². The molecule has 6 heteroatoms. The third-order valence-corrected chi connectivity index (χ3v) is 9.41. The van der Waals surface area contributed by atoms with Crippen LogP contribution < -0.4 is 0 Å². The van der Waals surface area contributed by atoms with E-state index in [0.717, 1.165) is 84.9 Å². The first kappa shape index (κ1) is 29.7. The maximum Gasteiger partial charge on any atom is 0.238 e. The molecule has 4 aromatic heterocycles. The third kappa shape index (κ3) is 5.13. The second-order valence-corrected chi connectivity index (χ2v) is 12.6. The van der Waals surface area contributed by atoms with Crippen LogP contribution in [0.25, 0.3) is 84.5 Å². The molecule has 0 unspecified atom stereocenters. The second kappa shape index (κ2) is 12.2. The zero-order valence-corrected chi connectivity index (χ0v) is 27.8. The minimum absolute atomic E-state index is 0.530. The second-order valence-electron chi connectivity index (χ2n) is 12.6. The normalized spacial score (nSPS) is 13.2. The van der Waals surface area contributed by atoms with Crippen molar-refractivity contribution in [3.05, 3.63) is 150 Å². The van der Waals surface area contributed by atoms with Crippen molar-refractivity contribution in [2.45, 2.75) is 26.7 Å². The van der Waals surface area contributed by atoms with Crippen molar-refractivity contribution in [2.75, 3.05) is 0 Å². The Morgan fingerprint density at radius 1 is 0.700 bits per heavy atom. The Bertz CT molecular complexity index is 2680. The van der Waals surface area contributed by atoms with Crippen molar-refractivity contribution in [1.82, 2.24) is 24.5 Å². The van der Waals surface area contributed by atoms with E-state index in [-0.39, 0.29) is 0 Å². The van der Waals surface area contributed by atoms with Crippen LogP contribution in [0.5, 0.6) is 0 Å². The fourth-order valence-electron chi connectivity index (χ4n) is 6.88. The Morgan fingerprint density at radius 2 is 1.44 bits per heavy atom. The average Bonchev–Trinajstić information content (AvgIpc) is 3.71. The van der Waals surface area contributed by atoms with Crippen molar-refractivity contribution < 1.29 is 4.42 Å². The molecule has 0 saturated carbocycles. The van der Waals surface area contributed by atoms with E-state index in [4.69, 9.17) is 24.4 Å². The summed E-state index contributed by atoms with van der Waals surface area (Å²) in [7, 11) is 0. The number of para-hydroxylation sites is 1. The molecule has 0 N–H and O–H groups in total. The van der Waals surface area contributed by atoms with E-state index in [1.54, 1.807) is 0 Å². The molecule has 0 aliphatic heterocycles. The molecule has 4 heterocycles. The van der Waals surface area contributed by atoms with E-state index in [9.17, 15) is 0 Å². The summed E-state index contributed by atoms with van der Waals surface area (Å²) in [5.41, 5.74) is 10.8. The van der Waals surface area contributed by atoms with E-state index >= 15 is 0 Å². The molecule has 0 spiro atoms. The first-order valence-corrected chi connectivity index (χ1v) is 17.0. The number of allylic oxidation sites excluding steroid dienone is 5. The fraction of sp³-hybridized carbons (Fsp3) is 0.0909. The molecule has 1 aliphatic carbocycles. The zero-order valence-electron chi connectivity index (χ0n) is 27.8. The lowest BCUT2D eigenvalue weighted by atomic mass is 10.0. The Kier molecular flexibility index (Phi) is 7.28. The molecule has 50 heavy (non-hydrogen) atoms. The lowest BCUT2D eigenvalue weighted by Gasteiger charge is -2.12. The van der Waals surface area contributed by atoms with Crippen molar-refractivity contribution in [2.24, 2.45) is 0 Å². The Morgan fingerprint density at radius 3 is 2.28 bits per heavy atom. The molecular weight excluding hydrogens is 615 g/mol. The van der Waals surface area contributed by atoms with Gasteiger partial charge in [0.15, 0.2) is 11.6 Å². The van der Waals surface area contributed by atoms with Gasteiger partial charge >= 0.3 is 0 Å². The van der Waals surface area contributed by atoms with Gasteiger partial charge in [0.25, 0.3) is 0 Å². The van der Waals surface area contributed by atoms with Crippen LogP contribution in [-0.4, -0.2) is 24.5 Å². The molecule has 4 aromatic carbocycles. The van der Waals surface area contributed by atoms with Gasteiger partial charge < -0.3 is 4.42 Å². The molecular formula is C44H33N5O. The molecule has 9 rings (SSSR count). The van der Waals surface area contributed by atoms with E-state index in [0.29, 0.717) is 23.3 Å². The Balaban J connectivity index is 1.31. The number of pyridine rings is 1. The van der Waals surface area contributed by atoms with Gasteiger partial charge in [0.1, 0.15) is 11.3 Å². The highest BCUT2D eigenvalue weighted by Crippen LogP contribution is 2.37. The van der Waals surface area contributed by atoms with Crippen LogP contribution in [0.1, 0.15) is 37.2 Å². The number of rotatable bonds is 6. The summed E-state index contributed by atoms with van der Waals surface area (Å²) in [6, 6.07) is 37.7. The van der Waals surface area contributed by atoms with Crippen LogP contribution in [-0.2, 0) is 6.42 Å². The highest BCUT2D eigenvalue weighted by molar-refractivity contribution is 6.10. The SMILES string of the molecule is C/C=C\C=C(/C)c1cccc(-c2nc(-c3cccc(-c4ccccc4)c3)nc(-n3c4ccccc4c4nc5oc6c(c5cc43)C=CCC6)n2)c1. The summed E-state index contributed by atoms with van der Waals surface area (Å²) in [6.07, 6.45) is 12.4. The lowest BCUT2D eigenvalue weighted by Crippen LogP contribution is -2.06. The molecule has 0 fully saturated rings. The fourth-order valence-corrected chi connectivity index (χ4v) is 6.88. The number of nitrogens with zero attached hydrogens (tertiary/aromatic N) is 5. The topological polar surface area (TPSA) is 69.6 Å². The summed E-state index contributed by atoms with van der Waals surface area (Å²) < 4.78 is 8.42. The standard InChI is InChI=1S/C44H33N5O/c1-3-4-14-28(2)30-17-12-19-32(25-30)41-46-42(33-20-13-18-31(26-33)29-15-6-5-7-16-29)48-44(47-41)49-37-23-10-8-22-35(37)40-38(49)27-36-34-21-9-11-24-39(34)50-43(36)45-40/h3-10,12-23,25-27H,11,24H2,1-2H3/b4-3-,28-14+. The van der Waals surface area contributed by atoms with Crippen molar-refractivity contribution >= 4 is 44.7 Å². The van der Waals surface area contributed by atoms with Crippen LogP contribution >= 0.6 is 0 Å². The summed E-state index contributed by atoms with van der Waals surface area (Å²) in [4.78, 5) is 20.7. The highest BCUT2D eigenvalue weighted by Gasteiger charge is 2.22. The van der Waals surface area contributed by atoms with E-state index in [1.165, 1.54) is 0 Å². The van der Waals surface area contributed by atoms with Gasteiger partial charge in [-0.1, -0.05) is 115 Å². The maximum atomic E-state index is 6.30. The van der Waals surface area contributed by atoms with Gasteiger partial charge in [0, 0.05) is 33.9 Å². The number of fused-ring (bicyclic) bond motifs is 6. The number of hydrogen-bond donors (Lipinski definition) is 0. The maximum absolute atomic E-state index is 6.30. The smallest absolute Gasteiger partial charge is 0.238 e. The average molecular weight is 648 g/mol. The molecule has 0 amide bonds.